The summed E-state index contributed by atoms with van der Waals surface area (Å²) in [5.41, 5.74) is 2.39. The Hall–Kier alpha value is -1.52. The van der Waals surface area contributed by atoms with E-state index in [0.29, 0.717) is 6.42 Å². The summed E-state index contributed by atoms with van der Waals surface area (Å²) in [6.45, 7) is 0. The Labute approximate surface area is 125 Å². The van der Waals surface area contributed by atoms with E-state index < -0.39 is 0 Å². The second kappa shape index (κ2) is 4.79. The van der Waals surface area contributed by atoms with Crippen molar-refractivity contribution >= 4 is 38.7 Å². The van der Waals surface area contributed by atoms with Crippen LogP contribution in [-0.4, -0.2) is 10.8 Å². The molecular formula is C16H13NOS2. The Bertz CT molecular complexity index is 745. The molecule has 4 rings (SSSR count). The second-order valence-electron chi connectivity index (χ2n) is 5.09. The molecule has 4 heteroatoms. The molecule has 0 saturated carbocycles. The Kier molecular flexibility index (Phi) is 2.93. The minimum Gasteiger partial charge on any atom is -0.293 e. The number of rotatable bonds is 3. The van der Waals surface area contributed by atoms with Gasteiger partial charge in [0.2, 0.25) is 0 Å². The number of aromatic nitrogens is 1. The molecule has 0 unspecified atom stereocenters. The smallest absolute Gasteiger partial charge is 0.179 e. The van der Waals surface area contributed by atoms with E-state index in [4.69, 9.17) is 0 Å². The third kappa shape index (κ3) is 2.09. The number of benzene rings is 1. The highest BCUT2D eigenvalue weighted by Gasteiger charge is 2.19. The predicted octanol–water partition coefficient (Wildman–Crippen LogP) is 4.27. The van der Waals surface area contributed by atoms with Gasteiger partial charge in [0.1, 0.15) is 5.01 Å². The van der Waals surface area contributed by atoms with Crippen molar-refractivity contribution in [3.05, 3.63) is 50.7 Å². The van der Waals surface area contributed by atoms with Crippen molar-refractivity contribution in [2.45, 2.75) is 25.7 Å². The monoisotopic (exact) mass is 299 g/mol. The summed E-state index contributed by atoms with van der Waals surface area (Å²) in [6.07, 6.45) is 3.96. The molecule has 0 aliphatic heterocycles. The lowest BCUT2D eigenvalue weighted by molar-refractivity contribution is 0.0997. The zero-order chi connectivity index (χ0) is 13.5. The van der Waals surface area contributed by atoms with Gasteiger partial charge in [-0.15, -0.1) is 22.7 Å². The molecule has 0 radical (unpaired) electrons. The van der Waals surface area contributed by atoms with Gasteiger partial charge in [0.25, 0.3) is 0 Å². The summed E-state index contributed by atoms with van der Waals surface area (Å²) in [5, 5.41) is 0.921. The molecule has 3 aromatic rings. The van der Waals surface area contributed by atoms with Crippen molar-refractivity contribution < 1.29 is 4.79 Å². The summed E-state index contributed by atoms with van der Waals surface area (Å²) in [5.74, 6) is 0.212. The van der Waals surface area contributed by atoms with E-state index in [1.165, 1.54) is 16.9 Å². The molecule has 2 aromatic heterocycles. The molecule has 0 spiro atoms. The lowest BCUT2D eigenvalue weighted by Crippen LogP contribution is -2.00. The minimum atomic E-state index is 0.212. The van der Waals surface area contributed by atoms with Crippen LogP contribution in [0.15, 0.2) is 30.3 Å². The summed E-state index contributed by atoms with van der Waals surface area (Å²) in [4.78, 5) is 19.2. The first-order valence-corrected chi connectivity index (χ1v) is 8.42. The lowest BCUT2D eigenvalue weighted by Gasteiger charge is -1.94. The van der Waals surface area contributed by atoms with Gasteiger partial charge in [-0.25, -0.2) is 4.98 Å². The molecule has 1 aliphatic carbocycles. The van der Waals surface area contributed by atoms with Crippen molar-refractivity contribution in [3.8, 4) is 0 Å². The zero-order valence-electron chi connectivity index (χ0n) is 10.9. The van der Waals surface area contributed by atoms with Gasteiger partial charge in [-0.3, -0.25) is 4.79 Å². The van der Waals surface area contributed by atoms with Crippen LogP contribution < -0.4 is 0 Å². The van der Waals surface area contributed by atoms with E-state index in [2.05, 4.69) is 17.1 Å². The zero-order valence-corrected chi connectivity index (χ0v) is 12.5. The number of ketones is 1. The van der Waals surface area contributed by atoms with Crippen LogP contribution in [0.5, 0.6) is 0 Å². The molecule has 0 atom stereocenters. The lowest BCUT2D eigenvalue weighted by atomic mass is 10.2. The van der Waals surface area contributed by atoms with Crippen LogP contribution in [0.4, 0.5) is 0 Å². The summed E-state index contributed by atoms with van der Waals surface area (Å²) in [6, 6.07) is 10.1. The second-order valence-corrected chi connectivity index (χ2v) is 7.34. The molecular weight excluding hydrogens is 286 g/mol. The van der Waals surface area contributed by atoms with Gasteiger partial charge in [0.15, 0.2) is 5.78 Å². The average molecular weight is 299 g/mol. The van der Waals surface area contributed by atoms with Crippen molar-refractivity contribution in [3.63, 3.8) is 0 Å². The Morgan fingerprint density at radius 1 is 1.20 bits per heavy atom. The van der Waals surface area contributed by atoms with E-state index in [0.717, 1.165) is 32.9 Å². The Balaban J connectivity index is 1.59. The highest BCUT2D eigenvalue weighted by Crippen LogP contribution is 2.31. The van der Waals surface area contributed by atoms with Crippen molar-refractivity contribution in [1.29, 1.82) is 0 Å². The number of thiophene rings is 1. The number of aryl methyl sites for hydroxylation is 2. The van der Waals surface area contributed by atoms with Crippen LogP contribution in [0, 0.1) is 0 Å². The van der Waals surface area contributed by atoms with Gasteiger partial charge >= 0.3 is 0 Å². The fourth-order valence-electron chi connectivity index (χ4n) is 2.69. The fourth-order valence-corrected chi connectivity index (χ4v) is 4.84. The fraction of sp³-hybridized carbons (Fsp3) is 0.250. The molecule has 0 fully saturated rings. The van der Waals surface area contributed by atoms with E-state index in [-0.39, 0.29) is 5.78 Å². The molecule has 2 heterocycles. The van der Waals surface area contributed by atoms with E-state index in [1.54, 1.807) is 22.7 Å². The van der Waals surface area contributed by atoms with Crippen molar-refractivity contribution in [2.75, 3.05) is 0 Å². The summed E-state index contributed by atoms with van der Waals surface area (Å²) in [7, 11) is 0. The Morgan fingerprint density at radius 3 is 2.95 bits per heavy atom. The van der Waals surface area contributed by atoms with Crippen molar-refractivity contribution in [2.24, 2.45) is 0 Å². The van der Waals surface area contributed by atoms with Gasteiger partial charge in [-0.1, -0.05) is 12.1 Å². The van der Waals surface area contributed by atoms with Crippen molar-refractivity contribution in [1.82, 2.24) is 4.98 Å². The average Bonchev–Trinajstić information content (AvgIpc) is 3.11. The van der Waals surface area contributed by atoms with Gasteiger partial charge in [0.05, 0.1) is 21.5 Å². The number of hydrogen-bond acceptors (Lipinski definition) is 4. The molecule has 0 N–H and O–H groups in total. The molecule has 100 valence electrons. The molecule has 2 nitrogen and oxygen atoms in total. The van der Waals surface area contributed by atoms with Gasteiger partial charge in [0, 0.05) is 4.88 Å². The number of para-hydroxylation sites is 1. The Morgan fingerprint density at radius 2 is 2.10 bits per heavy atom. The molecule has 20 heavy (non-hydrogen) atoms. The molecule has 0 saturated heterocycles. The van der Waals surface area contributed by atoms with Crippen LogP contribution in [0.1, 0.15) is 31.5 Å². The number of Topliss-reactive ketones (excluding diaryl/α,β-unsaturated/α-hetero) is 1. The quantitative estimate of drug-likeness (QED) is 0.676. The number of carbonyl (C=O) groups excluding carboxylic acids is 1. The van der Waals surface area contributed by atoms with Crippen LogP contribution in [0.25, 0.3) is 10.2 Å². The number of fused-ring (bicyclic) bond motifs is 2. The first-order valence-electron chi connectivity index (χ1n) is 6.79. The molecule has 0 bridgehead atoms. The van der Waals surface area contributed by atoms with Crippen LogP contribution in [0.2, 0.25) is 0 Å². The molecule has 1 aliphatic rings. The maximum absolute atomic E-state index is 12.4. The van der Waals surface area contributed by atoms with Crippen LogP contribution >= 0.6 is 22.7 Å². The highest BCUT2D eigenvalue weighted by molar-refractivity contribution is 7.18. The number of carbonyl (C=O) groups is 1. The third-order valence-corrected chi connectivity index (χ3v) is 5.99. The number of thiazole rings is 1. The predicted molar refractivity (Wildman–Crippen MR) is 84.0 cm³/mol. The summed E-state index contributed by atoms with van der Waals surface area (Å²) < 4.78 is 1.16. The summed E-state index contributed by atoms with van der Waals surface area (Å²) >= 11 is 3.31. The maximum Gasteiger partial charge on any atom is 0.179 e. The standard InChI is InChI=1S/C16H13NOS2/c18-12(15-8-10-4-3-7-13(10)19-15)9-16-17-11-5-1-2-6-14(11)20-16/h1-2,5-6,8H,3-4,7,9H2. The van der Waals surface area contributed by atoms with Crippen LogP contribution in [-0.2, 0) is 19.3 Å². The van der Waals surface area contributed by atoms with E-state index >= 15 is 0 Å². The maximum atomic E-state index is 12.4. The topological polar surface area (TPSA) is 30.0 Å². The minimum absolute atomic E-state index is 0.212. The largest absolute Gasteiger partial charge is 0.293 e. The highest BCUT2D eigenvalue weighted by atomic mass is 32.1. The SMILES string of the molecule is O=C(Cc1nc2ccccc2s1)c1cc2c(s1)CCC2. The van der Waals surface area contributed by atoms with E-state index in [1.807, 2.05) is 18.2 Å². The van der Waals surface area contributed by atoms with Gasteiger partial charge in [-0.05, 0) is 43.0 Å². The van der Waals surface area contributed by atoms with Gasteiger partial charge in [-0.2, -0.15) is 0 Å². The van der Waals surface area contributed by atoms with Crippen LogP contribution in [0.3, 0.4) is 0 Å². The van der Waals surface area contributed by atoms with Gasteiger partial charge < -0.3 is 0 Å². The molecule has 1 aromatic carbocycles. The van der Waals surface area contributed by atoms with E-state index in [9.17, 15) is 4.79 Å². The molecule has 0 amide bonds. The number of hydrogen-bond donors (Lipinski definition) is 0. The first kappa shape index (κ1) is 12.2. The number of nitrogens with zero attached hydrogens (tertiary/aromatic N) is 1. The third-order valence-electron chi connectivity index (χ3n) is 3.67. The normalized spacial score (nSPS) is 13.8. The first-order chi connectivity index (χ1) is 9.79.